The fraction of sp³-hybridized carbons (Fsp3) is 0.556. The van der Waals surface area contributed by atoms with Crippen molar-refractivity contribution in [3.63, 3.8) is 0 Å². The minimum Gasteiger partial charge on any atom is -0.339 e. The number of carbonyl (C=O) groups excluding carboxylic acids is 2. The van der Waals surface area contributed by atoms with Gasteiger partial charge < -0.3 is 15.5 Å². The number of benzene rings is 1. The molecule has 2 unspecified atom stereocenters. The number of nitrogens with one attached hydrogen (secondary N) is 2. The lowest BCUT2D eigenvalue weighted by Gasteiger charge is -2.35. The first-order valence-corrected chi connectivity index (χ1v) is 8.91. The molecule has 26 heavy (non-hydrogen) atoms. The molecule has 1 aromatic rings. The monoisotopic (exact) mass is 382 g/mol. The van der Waals surface area contributed by atoms with E-state index in [1.807, 2.05) is 0 Å². The van der Waals surface area contributed by atoms with Gasteiger partial charge in [-0.1, -0.05) is 0 Å². The summed E-state index contributed by atoms with van der Waals surface area (Å²) in [6.45, 7) is 1.07. The summed E-state index contributed by atoms with van der Waals surface area (Å²) in [7, 11) is 1.76. The zero-order valence-corrected chi connectivity index (χ0v) is 15.5. The van der Waals surface area contributed by atoms with E-state index >= 15 is 0 Å². The number of piperidine rings is 1. The zero-order chi connectivity index (χ0) is 17.6. The van der Waals surface area contributed by atoms with Crippen LogP contribution < -0.4 is 15.5 Å². The van der Waals surface area contributed by atoms with Gasteiger partial charge in [0.15, 0.2) is 0 Å². The smallest absolute Gasteiger partial charge is 0.321 e. The quantitative estimate of drug-likeness (QED) is 0.841. The Balaban J connectivity index is 0.00000196. The number of hydrogen-bond donors (Lipinski definition) is 2. The third-order valence-electron chi connectivity index (χ3n) is 5.67. The van der Waals surface area contributed by atoms with Gasteiger partial charge in [-0.3, -0.25) is 9.69 Å². The van der Waals surface area contributed by atoms with Crippen LogP contribution in [0.1, 0.15) is 36.0 Å². The van der Waals surface area contributed by atoms with Gasteiger partial charge in [-0.2, -0.15) is 0 Å². The maximum Gasteiger partial charge on any atom is 0.321 e. The van der Waals surface area contributed by atoms with Crippen molar-refractivity contribution >= 4 is 30.0 Å². The van der Waals surface area contributed by atoms with E-state index < -0.39 is 5.82 Å². The van der Waals surface area contributed by atoms with Crippen molar-refractivity contribution in [2.75, 3.05) is 25.0 Å². The highest BCUT2D eigenvalue weighted by Crippen LogP contribution is 2.30. The fourth-order valence-electron chi connectivity index (χ4n) is 4.26. The molecule has 3 heterocycles. The molecule has 4 rings (SSSR count). The summed E-state index contributed by atoms with van der Waals surface area (Å²) in [5.41, 5.74) is 0.587. The molecule has 2 bridgehead atoms. The number of rotatable bonds is 3. The number of carbonyl (C=O) groups is 2. The van der Waals surface area contributed by atoms with Gasteiger partial charge in [-0.25, -0.2) is 9.18 Å². The van der Waals surface area contributed by atoms with Crippen LogP contribution in [-0.2, 0) is 0 Å². The van der Waals surface area contributed by atoms with Gasteiger partial charge in [0.2, 0.25) is 0 Å². The summed E-state index contributed by atoms with van der Waals surface area (Å²) < 4.78 is 14.3. The normalized spacial score (nSPS) is 27.1. The molecule has 3 amide bonds. The Morgan fingerprint density at radius 3 is 2.58 bits per heavy atom. The van der Waals surface area contributed by atoms with Gasteiger partial charge in [-0.15, -0.1) is 12.4 Å². The van der Waals surface area contributed by atoms with Gasteiger partial charge in [0.05, 0.1) is 5.56 Å². The highest BCUT2D eigenvalue weighted by atomic mass is 35.5. The lowest BCUT2D eigenvalue weighted by Crippen LogP contribution is -2.48. The molecule has 3 aliphatic heterocycles. The first kappa shape index (κ1) is 18.9. The Labute approximate surface area is 158 Å². The third-order valence-corrected chi connectivity index (χ3v) is 5.67. The third kappa shape index (κ3) is 3.38. The molecule has 0 aliphatic carbocycles. The molecule has 142 valence electrons. The van der Waals surface area contributed by atoms with E-state index in [0.717, 1.165) is 25.7 Å². The molecule has 3 fully saturated rings. The largest absolute Gasteiger partial charge is 0.339 e. The van der Waals surface area contributed by atoms with E-state index in [1.165, 1.54) is 17.0 Å². The van der Waals surface area contributed by atoms with Crippen molar-refractivity contribution < 1.29 is 14.0 Å². The molecule has 3 aliphatic rings. The van der Waals surface area contributed by atoms with E-state index in [1.54, 1.807) is 18.0 Å². The number of fused-ring (bicyclic) bond motifs is 2. The molecule has 8 heteroatoms. The lowest BCUT2D eigenvalue weighted by molar-refractivity contribution is 0.0677. The number of urea groups is 1. The van der Waals surface area contributed by atoms with Crippen LogP contribution >= 0.6 is 12.4 Å². The highest BCUT2D eigenvalue weighted by Gasteiger charge is 2.37. The molecule has 1 aromatic carbocycles. The minimum atomic E-state index is -0.544. The average Bonchev–Trinajstić information content (AvgIpc) is 3.19. The van der Waals surface area contributed by atoms with Crippen molar-refractivity contribution in [2.45, 2.75) is 43.8 Å². The fourth-order valence-corrected chi connectivity index (χ4v) is 4.26. The Bertz CT molecular complexity index is 704. The summed E-state index contributed by atoms with van der Waals surface area (Å²) in [5, 5.41) is 6.27. The van der Waals surface area contributed by atoms with Crippen molar-refractivity contribution in [1.29, 1.82) is 0 Å². The summed E-state index contributed by atoms with van der Waals surface area (Å²) in [4.78, 5) is 27.9. The number of nitrogens with zero attached hydrogens (tertiary/aromatic N) is 2. The molecule has 6 nitrogen and oxygen atoms in total. The van der Waals surface area contributed by atoms with Crippen LogP contribution in [0, 0.1) is 5.82 Å². The van der Waals surface area contributed by atoms with Gasteiger partial charge in [0, 0.05) is 44.0 Å². The van der Waals surface area contributed by atoms with Crippen LogP contribution in [0.3, 0.4) is 0 Å². The predicted octanol–water partition coefficient (Wildman–Crippen LogP) is 2.13. The molecule has 2 atom stereocenters. The van der Waals surface area contributed by atoms with Gasteiger partial charge in [0.1, 0.15) is 5.82 Å². The molecule has 0 saturated carbocycles. The standard InChI is InChI=1S/C18H23FN4O2.ClH/c1-22(14-8-11-2-3-12(9-14)21-11)17(24)15-10-13(4-5-16(15)19)23-7-6-20-18(23)25;/h4-5,10-12,14,21H,2-3,6-9H2,1H3,(H,20,25);1H. The summed E-state index contributed by atoms with van der Waals surface area (Å²) in [6, 6.07) is 5.15. The summed E-state index contributed by atoms with van der Waals surface area (Å²) in [6.07, 6.45) is 4.12. The van der Waals surface area contributed by atoms with Crippen LogP contribution in [0.15, 0.2) is 18.2 Å². The van der Waals surface area contributed by atoms with Crippen LogP contribution in [-0.4, -0.2) is 55.1 Å². The predicted molar refractivity (Wildman–Crippen MR) is 99.5 cm³/mol. The number of hydrogen-bond acceptors (Lipinski definition) is 3. The van der Waals surface area contributed by atoms with Gasteiger partial charge in [-0.05, 0) is 43.9 Å². The van der Waals surface area contributed by atoms with Crippen LogP contribution in [0.25, 0.3) is 0 Å². The summed E-state index contributed by atoms with van der Waals surface area (Å²) >= 11 is 0. The van der Waals surface area contributed by atoms with E-state index in [0.29, 0.717) is 30.9 Å². The van der Waals surface area contributed by atoms with Crippen molar-refractivity contribution in [2.24, 2.45) is 0 Å². The molecule has 0 spiro atoms. The molecule has 0 radical (unpaired) electrons. The molecular formula is C18H24ClFN4O2. The van der Waals surface area contributed by atoms with Gasteiger partial charge >= 0.3 is 6.03 Å². The topological polar surface area (TPSA) is 64.7 Å². The van der Waals surface area contributed by atoms with E-state index in [-0.39, 0.29) is 36.0 Å². The van der Waals surface area contributed by atoms with Crippen LogP contribution in [0.2, 0.25) is 0 Å². The Hall–Kier alpha value is -1.86. The number of anilines is 1. The average molecular weight is 383 g/mol. The van der Waals surface area contributed by atoms with Crippen molar-refractivity contribution in [3.8, 4) is 0 Å². The molecule has 2 N–H and O–H groups in total. The maximum atomic E-state index is 14.3. The van der Waals surface area contributed by atoms with Gasteiger partial charge in [0.25, 0.3) is 5.91 Å². The Kier molecular flexibility index (Phi) is 5.39. The molecule has 0 aromatic heterocycles. The van der Waals surface area contributed by atoms with Crippen LogP contribution in [0.4, 0.5) is 14.9 Å². The van der Waals surface area contributed by atoms with Crippen molar-refractivity contribution in [1.82, 2.24) is 15.5 Å². The Morgan fingerprint density at radius 2 is 1.96 bits per heavy atom. The number of amides is 3. The lowest BCUT2D eigenvalue weighted by atomic mass is 9.98. The van der Waals surface area contributed by atoms with Crippen molar-refractivity contribution in [3.05, 3.63) is 29.6 Å². The highest BCUT2D eigenvalue weighted by molar-refractivity contribution is 5.98. The minimum absolute atomic E-state index is 0. The summed E-state index contributed by atoms with van der Waals surface area (Å²) in [5.74, 6) is -0.859. The van der Waals surface area contributed by atoms with Crippen LogP contribution in [0.5, 0.6) is 0 Å². The first-order valence-electron chi connectivity index (χ1n) is 8.91. The maximum absolute atomic E-state index is 14.3. The zero-order valence-electron chi connectivity index (χ0n) is 14.7. The molecule has 3 saturated heterocycles. The molecular weight excluding hydrogens is 359 g/mol. The van der Waals surface area contributed by atoms with E-state index in [4.69, 9.17) is 0 Å². The van der Waals surface area contributed by atoms with E-state index in [9.17, 15) is 14.0 Å². The Morgan fingerprint density at radius 1 is 1.27 bits per heavy atom. The first-order chi connectivity index (χ1) is 12.0. The number of halogens is 2. The van der Waals surface area contributed by atoms with E-state index in [2.05, 4.69) is 10.6 Å². The second-order valence-electron chi connectivity index (χ2n) is 7.23. The second-order valence-corrected chi connectivity index (χ2v) is 7.23. The SMILES string of the molecule is CN(C(=O)c1cc(N2CCNC2=O)ccc1F)C1CC2CCC(C1)N2.Cl. The second kappa shape index (κ2) is 7.40.